The van der Waals surface area contributed by atoms with E-state index in [9.17, 15) is 17.6 Å². The molecule has 1 aliphatic heterocycles. The highest BCUT2D eigenvalue weighted by Gasteiger charge is 2.27. The highest BCUT2D eigenvalue weighted by molar-refractivity contribution is 7.89. The number of amides is 1. The molecule has 0 atom stereocenters. The Bertz CT molecular complexity index is 673. The van der Waals surface area contributed by atoms with Crippen molar-refractivity contribution in [3.8, 4) is 0 Å². The van der Waals surface area contributed by atoms with Crippen molar-refractivity contribution in [1.82, 2.24) is 9.62 Å². The summed E-state index contributed by atoms with van der Waals surface area (Å²) < 4.78 is 39.9. The highest BCUT2D eigenvalue weighted by Crippen LogP contribution is 2.19. The van der Waals surface area contributed by atoms with Gasteiger partial charge in [-0.15, -0.1) is 0 Å². The van der Waals surface area contributed by atoms with Crippen LogP contribution in [0.3, 0.4) is 0 Å². The number of likely N-dealkylation sites (tertiary alicyclic amines) is 1. The number of sulfonamides is 1. The van der Waals surface area contributed by atoms with Gasteiger partial charge >= 0.3 is 0 Å². The van der Waals surface area contributed by atoms with Crippen molar-refractivity contribution in [2.75, 3.05) is 18.8 Å². The van der Waals surface area contributed by atoms with Gasteiger partial charge in [-0.2, -0.15) is 0 Å². The van der Waals surface area contributed by atoms with Crippen molar-refractivity contribution in [3.63, 3.8) is 0 Å². The van der Waals surface area contributed by atoms with Gasteiger partial charge in [0.25, 0.3) is 5.91 Å². The Balaban J connectivity index is 1.96. The molecule has 128 valence electrons. The minimum atomic E-state index is -3.26. The predicted octanol–water partition coefficient (Wildman–Crippen LogP) is 2.41. The van der Waals surface area contributed by atoms with Crippen molar-refractivity contribution in [2.45, 2.75) is 32.2 Å². The molecule has 1 aromatic carbocycles. The summed E-state index contributed by atoms with van der Waals surface area (Å²) >= 11 is 5.81. The van der Waals surface area contributed by atoms with Gasteiger partial charge in [0.05, 0.1) is 11.3 Å². The average molecular weight is 363 g/mol. The Morgan fingerprint density at radius 3 is 2.65 bits per heavy atom. The quantitative estimate of drug-likeness (QED) is 0.874. The van der Waals surface area contributed by atoms with Gasteiger partial charge in [-0.1, -0.05) is 18.5 Å². The number of piperidine rings is 1. The molecule has 0 aromatic heterocycles. The van der Waals surface area contributed by atoms with E-state index in [1.165, 1.54) is 23.1 Å². The Kier molecular flexibility index (Phi) is 6.00. The Morgan fingerprint density at radius 2 is 2.04 bits per heavy atom. The van der Waals surface area contributed by atoms with E-state index < -0.39 is 21.7 Å². The maximum atomic E-state index is 13.8. The van der Waals surface area contributed by atoms with Crippen LogP contribution in [0.4, 0.5) is 4.39 Å². The van der Waals surface area contributed by atoms with Crippen molar-refractivity contribution in [1.29, 1.82) is 0 Å². The van der Waals surface area contributed by atoms with Gasteiger partial charge in [0.15, 0.2) is 0 Å². The zero-order valence-corrected chi connectivity index (χ0v) is 14.5. The summed E-state index contributed by atoms with van der Waals surface area (Å²) in [5, 5.41) is 0.303. The lowest BCUT2D eigenvalue weighted by Crippen LogP contribution is -2.47. The zero-order valence-electron chi connectivity index (χ0n) is 12.9. The first-order valence-corrected chi connectivity index (χ1v) is 9.59. The molecule has 2 rings (SSSR count). The first-order chi connectivity index (χ1) is 10.8. The average Bonchev–Trinajstić information content (AvgIpc) is 2.49. The molecule has 0 spiro atoms. The molecule has 1 amide bonds. The van der Waals surface area contributed by atoms with Crippen LogP contribution in [-0.2, 0) is 10.0 Å². The largest absolute Gasteiger partial charge is 0.338 e. The molecule has 1 saturated heterocycles. The predicted molar refractivity (Wildman–Crippen MR) is 87.5 cm³/mol. The second-order valence-electron chi connectivity index (χ2n) is 5.63. The van der Waals surface area contributed by atoms with Crippen LogP contribution in [0, 0.1) is 5.82 Å². The lowest BCUT2D eigenvalue weighted by molar-refractivity contribution is 0.0706. The van der Waals surface area contributed by atoms with Crippen LogP contribution in [0.5, 0.6) is 0 Å². The minimum Gasteiger partial charge on any atom is -0.338 e. The normalized spacial score (nSPS) is 16.6. The number of rotatable bonds is 5. The lowest BCUT2D eigenvalue weighted by Gasteiger charge is -2.32. The van der Waals surface area contributed by atoms with Crippen LogP contribution in [0.25, 0.3) is 0 Å². The van der Waals surface area contributed by atoms with Crippen LogP contribution < -0.4 is 4.72 Å². The molecule has 1 heterocycles. The van der Waals surface area contributed by atoms with Gasteiger partial charge in [-0.3, -0.25) is 4.79 Å². The van der Waals surface area contributed by atoms with Crippen molar-refractivity contribution >= 4 is 27.5 Å². The Morgan fingerprint density at radius 1 is 1.39 bits per heavy atom. The fraction of sp³-hybridized carbons (Fsp3) is 0.533. The summed E-state index contributed by atoms with van der Waals surface area (Å²) in [7, 11) is -3.26. The highest BCUT2D eigenvalue weighted by atomic mass is 35.5. The third-order valence-electron chi connectivity index (χ3n) is 3.76. The van der Waals surface area contributed by atoms with Crippen LogP contribution in [0.15, 0.2) is 18.2 Å². The molecule has 0 bridgehead atoms. The monoisotopic (exact) mass is 362 g/mol. The summed E-state index contributed by atoms with van der Waals surface area (Å²) in [5.74, 6) is -0.926. The first-order valence-electron chi connectivity index (χ1n) is 7.56. The van der Waals surface area contributed by atoms with Crippen molar-refractivity contribution in [3.05, 3.63) is 34.6 Å². The lowest BCUT2D eigenvalue weighted by atomic mass is 10.0. The van der Waals surface area contributed by atoms with E-state index in [1.54, 1.807) is 6.92 Å². The number of carbonyl (C=O) groups is 1. The van der Waals surface area contributed by atoms with E-state index in [0.717, 1.165) is 0 Å². The fourth-order valence-corrected chi connectivity index (χ4v) is 4.18. The van der Waals surface area contributed by atoms with Crippen LogP contribution in [-0.4, -0.2) is 44.1 Å². The van der Waals surface area contributed by atoms with Gasteiger partial charge < -0.3 is 4.90 Å². The van der Waals surface area contributed by atoms with E-state index in [4.69, 9.17) is 11.6 Å². The van der Waals surface area contributed by atoms with Gasteiger partial charge in [-0.05, 0) is 37.5 Å². The Hall–Kier alpha value is -1.18. The molecule has 0 unspecified atom stereocenters. The maximum absolute atomic E-state index is 13.8. The first kappa shape index (κ1) is 18.2. The molecule has 1 aliphatic rings. The van der Waals surface area contributed by atoms with E-state index in [-0.39, 0.29) is 17.4 Å². The standard InChI is InChI=1S/C15H20ClFN2O3S/c1-2-9-23(21,22)18-12-5-7-19(8-6-12)15(20)13-10-11(16)3-4-14(13)17/h3-4,10,12,18H,2,5-9H2,1H3. The molecule has 8 heteroatoms. The summed E-state index contributed by atoms with van der Waals surface area (Å²) in [4.78, 5) is 13.9. The van der Waals surface area contributed by atoms with E-state index >= 15 is 0 Å². The number of carbonyl (C=O) groups excluding carboxylic acids is 1. The topological polar surface area (TPSA) is 66.5 Å². The maximum Gasteiger partial charge on any atom is 0.256 e. The van der Waals surface area contributed by atoms with Gasteiger partial charge in [0.1, 0.15) is 5.82 Å². The van der Waals surface area contributed by atoms with Gasteiger partial charge in [0.2, 0.25) is 10.0 Å². The van der Waals surface area contributed by atoms with E-state index in [0.29, 0.717) is 37.4 Å². The molecule has 23 heavy (non-hydrogen) atoms. The molecule has 0 aliphatic carbocycles. The SMILES string of the molecule is CCCS(=O)(=O)NC1CCN(C(=O)c2cc(Cl)ccc2F)CC1. The number of hydrogen-bond acceptors (Lipinski definition) is 3. The summed E-state index contributed by atoms with van der Waals surface area (Å²) in [5.41, 5.74) is -0.0532. The number of nitrogens with zero attached hydrogens (tertiary/aromatic N) is 1. The summed E-state index contributed by atoms with van der Waals surface area (Å²) in [6, 6.07) is 3.69. The molecule has 1 aromatic rings. The van der Waals surface area contributed by atoms with Crippen molar-refractivity contribution < 1.29 is 17.6 Å². The van der Waals surface area contributed by atoms with Gasteiger partial charge in [0, 0.05) is 24.2 Å². The smallest absolute Gasteiger partial charge is 0.256 e. The van der Waals surface area contributed by atoms with E-state index in [1.807, 2.05) is 0 Å². The summed E-state index contributed by atoms with van der Waals surface area (Å²) in [6.07, 6.45) is 1.58. The van der Waals surface area contributed by atoms with E-state index in [2.05, 4.69) is 4.72 Å². The van der Waals surface area contributed by atoms with Crippen LogP contribution >= 0.6 is 11.6 Å². The van der Waals surface area contributed by atoms with Crippen molar-refractivity contribution in [2.24, 2.45) is 0 Å². The molecule has 5 nitrogen and oxygen atoms in total. The molecular weight excluding hydrogens is 343 g/mol. The molecule has 1 N–H and O–H groups in total. The zero-order chi connectivity index (χ0) is 17.0. The minimum absolute atomic E-state index is 0.0532. The number of halogens is 2. The van der Waals surface area contributed by atoms with Crippen LogP contribution in [0.2, 0.25) is 5.02 Å². The third-order valence-corrected chi connectivity index (χ3v) is 5.63. The van der Waals surface area contributed by atoms with Gasteiger partial charge in [-0.25, -0.2) is 17.5 Å². The number of benzene rings is 1. The number of nitrogens with one attached hydrogen (secondary N) is 1. The third kappa shape index (κ3) is 4.89. The second kappa shape index (κ2) is 7.59. The molecular formula is C15H20ClFN2O3S. The number of hydrogen-bond donors (Lipinski definition) is 1. The Labute approximate surface area is 140 Å². The molecule has 1 fully saturated rings. The molecule has 0 saturated carbocycles. The summed E-state index contributed by atoms with van der Waals surface area (Å²) in [6.45, 7) is 2.56. The second-order valence-corrected chi connectivity index (χ2v) is 7.94. The fourth-order valence-electron chi connectivity index (χ4n) is 2.61. The molecule has 0 radical (unpaired) electrons. The van der Waals surface area contributed by atoms with Crippen LogP contribution in [0.1, 0.15) is 36.5 Å².